The van der Waals surface area contributed by atoms with Gasteiger partial charge in [0.25, 0.3) is 0 Å². The highest BCUT2D eigenvalue weighted by atomic mass is 32.1. The molecule has 0 amide bonds. The fraction of sp³-hybridized carbons (Fsp3) is 0.647. The zero-order valence-corrected chi connectivity index (χ0v) is 13.6. The van der Waals surface area contributed by atoms with E-state index in [1.165, 1.54) is 49.8 Å². The summed E-state index contributed by atoms with van der Waals surface area (Å²) < 4.78 is 0. The number of nitrogens with zero attached hydrogens (tertiary/aromatic N) is 1. The van der Waals surface area contributed by atoms with Crippen molar-refractivity contribution >= 4 is 23.0 Å². The summed E-state index contributed by atoms with van der Waals surface area (Å²) in [5, 5.41) is 3.63. The third-order valence-electron chi connectivity index (χ3n) is 5.08. The minimum absolute atomic E-state index is 0.460. The molecule has 1 heterocycles. The van der Waals surface area contributed by atoms with Crippen LogP contribution in [0.3, 0.4) is 0 Å². The van der Waals surface area contributed by atoms with Gasteiger partial charge in [0.1, 0.15) is 10.8 Å². The standard InChI is InChI=1S/C17H25N3S/c1-2-11-6-8-13(9-7-11)19-17-14(16(18)21)10-12-4-3-5-15(12)20-17/h10-11,13H,2-9H2,1H3,(H2,18,21)(H,19,20). The number of rotatable bonds is 4. The van der Waals surface area contributed by atoms with Gasteiger partial charge in [-0.25, -0.2) is 4.98 Å². The van der Waals surface area contributed by atoms with Crippen molar-refractivity contribution < 1.29 is 0 Å². The summed E-state index contributed by atoms with van der Waals surface area (Å²) in [6, 6.07) is 2.69. The number of hydrogen-bond acceptors (Lipinski definition) is 3. The summed E-state index contributed by atoms with van der Waals surface area (Å²) in [6.45, 7) is 2.30. The van der Waals surface area contributed by atoms with E-state index < -0.39 is 0 Å². The maximum atomic E-state index is 5.91. The predicted octanol–water partition coefficient (Wildman–Crippen LogP) is 3.59. The molecular formula is C17H25N3S. The van der Waals surface area contributed by atoms with Crippen LogP contribution in [-0.2, 0) is 12.8 Å². The van der Waals surface area contributed by atoms with E-state index in [2.05, 4.69) is 18.3 Å². The van der Waals surface area contributed by atoms with Gasteiger partial charge >= 0.3 is 0 Å². The van der Waals surface area contributed by atoms with E-state index in [1.54, 1.807) is 0 Å². The first kappa shape index (κ1) is 14.8. The number of nitrogens with one attached hydrogen (secondary N) is 1. The lowest BCUT2D eigenvalue weighted by molar-refractivity contribution is 0.330. The molecule has 1 saturated carbocycles. The lowest BCUT2D eigenvalue weighted by Crippen LogP contribution is -2.28. The number of pyridine rings is 1. The quantitative estimate of drug-likeness (QED) is 0.835. The van der Waals surface area contributed by atoms with Crippen LogP contribution in [0.1, 0.15) is 62.3 Å². The Hall–Kier alpha value is -1.16. The van der Waals surface area contributed by atoms with E-state index in [4.69, 9.17) is 22.9 Å². The molecule has 2 aliphatic carbocycles. The molecule has 1 fully saturated rings. The van der Waals surface area contributed by atoms with Crippen LogP contribution in [0.25, 0.3) is 0 Å². The molecule has 1 aromatic rings. The van der Waals surface area contributed by atoms with Crippen LogP contribution in [0.5, 0.6) is 0 Å². The Morgan fingerprint density at radius 2 is 2.10 bits per heavy atom. The normalized spacial score (nSPS) is 24.6. The smallest absolute Gasteiger partial charge is 0.136 e. The van der Waals surface area contributed by atoms with E-state index in [1.807, 2.05) is 0 Å². The first-order valence-electron chi connectivity index (χ1n) is 8.26. The molecule has 3 nitrogen and oxygen atoms in total. The Morgan fingerprint density at radius 1 is 1.33 bits per heavy atom. The van der Waals surface area contributed by atoms with Crippen LogP contribution >= 0.6 is 12.2 Å². The van der Waals surface area contributed by atoms with Crippen LogP contribution in [0.15, 0.2) is 6.07 Å². The van der Waals surface area contributed by atoms with Crippen molar-refractivity contribution in [2.24, 2.45) is 11.7 Å². The lowest BCUT2D eigenvalue weighted by Gasteiger charge is -2.29. The fourth-order valence-electron chi connectivity index (χ4n) is 3.68. The SMILES string of the molecule is CCC1CCC(Nc2nc3c(cc2C(N)=S)CCC3)CC1. The van der Waals surface area contributed by atoms with Gasteiger partial charge in [0.15, 0.2) is 0 Å². The van der Waals surface area contributed by atoms with Gasteiger partial charge in [0.2, 0.25) is 0 Å². The maximum absolute atomic E-state index is 5.91. The molecule has 0 unspecified atom stereocenters. The topological polar surface area (TPSA) is 50.9 Å². The molecule has 0 spiro atoms. The van der Waals surface area contributed by atoms with Crippen molar-refractivity contribution in [2.45, 2.75) is 64.3 Å². The van der Waals surface area contributed by atoms with Gasteiger partial charge in [-0.3, -0.25) is 0 Å². The molecule has 3 rings (SSSR count). The molecule has 3 N–H and O–H groups in total. The third kappa shape index (κ3) is 3.20. The second kappa shape index (κ2) is 6.30. The predicted molar refractivity (Wildman–Crippen MR) is 91.8 cm³/mol. The Labute approximate surface area is 132 Å². The average Bonchev–Trinajstić information content (AvgIpc) is 2.94. The van der Waals surface area contributed by atoms with Gasteiger partial charge < -0.3 is 11.1 Å². The summed E-state index contributed by atoms with van der Waals surface area (Å²) in [5.74, 6) is 1.83. The zero-order valence-electron chi connectivity index (χ0n) is 12.8. The summed E-state index contributed by atoms with van der Waals surface area (Å²) in [7, 11) is 0. The second-order valence-corrected chi connectivity index (χ2v) is 6.92. The second-order valence-electron chi connectivity index (χ2n) is 6.48. The molecule has 0 aliphatic heterocycles. The monoisotopic (exact) mass is 303 g/mol. The summed E-state index contributed by atoms with van der Waals surface area (Å²) in [6.07, 6.45) is 9.81. The van der Waals surface area contributed by atoms with Crippen molar-refractivity contribution in [3.8, 4) is 0 Å². The van der Waals surface area contributed by atoms with Crippen LogP contribution in [0.4, 0.5) is 5.82 Å². The van der Waals surface area contributed by atoms with Crippen LogP contribution in [-0.4, -0.2) is 16.0 Å². The summed E-state index contributed by atoms with van der Waals surface area (Å²) >= 11 is 5.22. The molecular weight excluding hydrogens is 278 g/mol. The van der Waals surface area contributed by atoms with E-state index >= 15 is 0 Å². The van der Waals surface area contributed by atoms with Gasteiger partial charge in [-0.2, -0.15) is 0 Å². The van der Waals surface area contributed by atoms with Crippen LogP contribution < -0.4 is 11.1 Å². The highest BCUT2D eigenvalue weighted by Crippen LogP contribution is 2.30. The van der Waals surface area contributed by atoms with Gasteiger partial charge in [-0.15, -0.1) is 0 Å². The number of fused-ring (bicyclic) bond motifs is 1. The van der Waals surface area contributed by atoms with Gasteiger partial charge in [-0.05, 0) is 62.5 Å². The Morgan fingerprint density at radius 3 is 2.76 bits per heavy atom. The molecule has 114 valence electrons. The largest absolute Gasteiger partial charge is 0.389 e. The van der Waals surface area contributed by atoms with E-state index in [0.29, 0.717) is 11.0 Å². The zero-order chi connectivity index (χ0) is 14.8. The van der Waals surface area contributed by atoms with Gasteiger partial charge in [0.05, 0.1) is 5.56 Å². The number of hydrogen-bond donors (Lipinski definition) is 2. The van der Waals surface area contributed by atoms with E-state index in [9.17, 15) is 0 Å². The van der Waals surface area contributed by atoms with Crippen molar-refractivity contribution in [1.29, 1.82) is 0 Å². The van der Waals surface area contributed by atoms with Crippen molar-refractivity contribution in [1.82, 2.24) is 4.98 Å². The highest BCUT2D eigenvalue weighted by Gasteiger charge is 2.23. The third-order valence-corrected chi connectivity index (χ3v) is 5.30. The molecule has 1 aromatic heterocycles. The molecule has 0 aromatic carbocycles. The molecule has 4 heteroatoms. The number of thiocarbonyl (C=S) groups is 1. The molecule has 0 saturated heterocycles. The van der Waals surface area contributed by atoms with Crippen LogP contribution in [0.2, 0.25) is 0 Å². The first-order valence-corrected chi connectivity index (χ1v) is 8.67. The molecule has 0 bridgehead atoms. The van der Waals surface area contributed by atoms with Gasteiger partial charge in [-0.1, -0.05) is 25.6 Å². The maximum Gasteiger partial charge on any atom is 0.136 e. The molecule has 0 atom stereocenters. The van der Waals surface area contributed by atoms with Crippen molar-refractivity contribution in [3.05, 3.63) is 22.9 Å². The van der Waals surface area contributed by atoms with Crippen LogP contribution in [0, 0.1) is 5.92 Å². The minimum atomic E-state index is 0.460. The number of nitrogens with two attached hydrogens (primary N) is 1. The van der Waals surface area contributed by atoms with E-state index in [-0.39, 0.29) is 0 Å². The average molecular weight is 303 g/mol. The van der Waals surface area contributed by atoms with E-state index in [0.717, 1.165) is 30.1 Å². The number of aryl methyl sites for hydroxylation is 2. The summed E-state index contributed by atoms with van der Waals surface area (Å²) in [4.78, 5) is 5.29. The van der Waals surface area contributed by atoms with Gasteiger partial charge in [0, 0.05) is 11.7 Å². The Bertz CT molecular complexity index is 533. The number of anilines is 1. The fourth-order valence-corrected chi connectivity index (χ4v) is 3.83. The molecule has 21 heavy (non-hydrogen) atoms. The summed E-state index contributed by atoms with van der Waals surface area (Å²) in [5.41, 5.74) is 9.41. The lowest BCUT2D eigenvalue weighted by atomic mass is 9.84. The minimum Gasteiger partial charge on any atom is -0.389 e. The van der Waals surface area contributed by atoms with Crippen molar-refractivity contribution in [2.75, 3.05) is 5.32 Å². The Balaban J connectivity index is 1.77. The Kier molecular flexibility index (Phi) is 4.43. The highest BCUT2D eigenvalue weighted by molar-refractivity contribution is 7.80. The first-order chi connectivity index (χ1) is 10.2. The van der Waals surface area contributed by atoms with Crippen molar-refractivity contribution in [3.63, 3.8) is 0 Å². The molecule has 2 aliphatic rings. The molecule has 0 radical (unpaired) electrons. The number of aromatic nitrogens is 1.